The van der Waals surface area contributed by atoms with E-state index in [-0.39, 0.29) is 5.91 Å². The van der Waals surface area contributed by atoms with Crippen LogP contribution in [0.3, 0.4) is 0 Å². The minimum absolute atomic E-state index is 0.133. The van der Waals surface area contributed by atoms with Gasteiger partial charge in [0.15, 0.2) is 0 Å². The molecule has 0 atom stereocenters. The van der Waals surface area contributed by atoms with Gasteiger partial charge in [-0.15, -0.1) is 11.3 Å². The topological polar surface area (TPSA) is 23.6 Å². The van der Waals surface area contributed by atoms with Gasteiger partial charge in [0.2, 0.25) is 0 Å². The molecule has 0 N–H and O–H groups in total. The predicted molar refractivity (Wildman–Crippen MR) is 88.8 cm³/mol. The van der Waals surface area contributed by atoms with E-state index in [9.17, 15) is 4.79 Å². The Labute approximate surface area is 130 Å². The van der Waals surface area contributed by atoms with E-state index >= 15 is 0 Å². The van der Waals surface area contributed by atoms with Crippen molar-refractivity contribution in [2.45, 2.75) is 13.5 Å². The normalized spacial score (nSPS) is 10.9. The number of benzene rings is 1. The molecule has 0 saturated heterocycles. The molecule has 1 amide bonds. The summed E-state index contributed by atoms with van der Waals surface area (Å²) in [5, 5.41) is 1.98. The third-order valence-corrected chi connectivity index (χ3v) is 4.38. The van der Waals surface area contributed by atoms with Gasteiger partial charge in [-0.3, -0.25) is 4.79 Å². The largest absolute Gasteiger partial charge is 0.332 e. The Morgan fingerprint density at radius 2 is 1.81 bits per heavy atom. The lowest BCUT2D eigenvalue weighted by Gasteiger charge is -2.24. The Kier molecular flexibility index (Phi) is 5.53. The quantitative estimate of drug-likeness (QED) is 0.817. The standard InChI is InChI=1S/C17H22N2OS/c1-14-9-12-21-16(14)17(20)19(11-10-18(2)3)13-15-7-5-4-6-8-15/h4-9,12H,10-11,13H2,1-3H3. The molecule has 0 saturated carbocycles. The van der Waals surface area contributed by atoms with Crippen LogP contribution in [0.5, 0.6) is 0 Å². The fourth-order valence-corrected chi connectivity index (χ4v) is 3.00. The first kappa shape index (κ1) is 15.7. The molecule has 2 aromatic rings. The number of nitrogens with zero attached hydrogens (tertiary/aromatic N) is 2. The number of thiophene rings is 1. The highest BCUT2D eigenvalue weighted by molar-refractivity contribution is 7.12. The molecule has 0 fully saturated rings. The zero-order valence-corrected chi connectivity index (χ0v) is 13.7. The van der Waals surface area contributed by atoms with Crippen molar-refractivity contribution < 1.29 is 4.79 Å². The van der Waals surface area contributed by atoms with Crippen LogP contribution in [0.1, 0.15) is 20.8 Å². The second-order valence-electron chi connectivity index (χ2n) is 5.45. The van der Waals surface area contributed by atoms with Crippen molar-refractivity contribution in [1.82, 2.24) is 9.80 Å². The van der Waals surface area contributed by atoms with E-state index in [4.69, 9.17) is 0 Å². The SMILES string of the molecule is Cc1ccsc1C(=O)N(CCN(C)C)Cc1ccccc1. The van der Waals surface area contributed by atoms with Crippen molar-refractivity contribution in [3.8, 4) is 0 Å². The smallest absolute Gasteiger partial charge is 0.264 e. The van der Waals surface area contributed by atoms with Gasteiger partial charge in [-0.05, 0) is 43.6 Å². The number of hydrogen-bond donors (Lipinski definition) is 0. The van der Waals surface area contributed by atoms with Gasteiger partial charge in [0.25, 0.3) is 5.91 Å². The first-order valence-corrected chi connectivity index (χ1v) is 7.98. The van der Waals surface area contributed by atoms with Crippen LogP contribution in [0, 0.1) is 6.92 Å². The number of likely N-dealkylation sites (N-methyl/N-ethyl adjacent to an activating group) is 1. The maximum Gasteiger partial charge on any atom is 0.264 e. The molecule has 1 heterocycles. The summed E-state index contributed by atoms with van der Waals surface area (Å²) in [5.74, 6) is 0.133. The Hall–Kier alpha value is -1.65. The number of carbonyl (C=O) groups is 1. The summed E-state index contributed by atoms with van der Waals surface area (Å²) >= 11 is 1.53. The maximum atomic E-state index is 12.8. The summed E-state index contributed by atoms with van der Waals surface area (Å²) in [6, 6.07) is 12.2. The summed E-state index contributed by atoms with van der Waals surface area (Å²) in [6.07, 6.45) is 0. The van der Waals surface area contributed by atoms with Crippen LogP contribution in [0.4, 0.5) is 0 Å². The molecule has 0 aliphatic heterocycles. The monoisotopic (exact) mass is 302 g/mol. The van der Waals surface area contributed by atoms with Crippen LogP contribution < -0.4 is 0 Å². The summed E-state index contributed by atoms with van der Waals surface area (Å²) in [7, 11) is 4.06. The van der Waals surface area contributed by atoms with Crippen LogP contribution in [-0.4, -0.2) is 42.9 Å². The lowest BCUT2D eigenvalue weighted by Crippen LogP contribution is -2.36. The van der Waals surface area contributed by atoms with Gasteiger partial charge in [0, 0.05) is 19.6 Å². The highest BCUT2D eigenvalue weighted by atomic mass is 32.1. The van der Waals surface area contributed by atoms with Gasteiger partial charge in [0.05, 0.1) is 4.88 Å². The number of amides is 1. The average molecular weight is 302 g/mol. The first-order chi connectivity index (χ1) is 10.1. The van der Waals surface area contributed by atoms with Gasteiger partial charge in [-0.1, -0.05) is 30.3 Å². The van der Waals surface area contributed by atoms with E-state index in [2.05, 4.69) is 17.0 Å². The summed E-state index contributed by atoms with van der Waals surface area (Å²) in [4.78, 5) is 17.7. The Morgan fingerprint density at radius 3 is 2.38 bits per heavy atom. The van der Waals surface area contributed by atoms with Crippen molar-refractivity contribution in [3.05, 3.63) is 57.8 Å². The molecule has 3 nitrogen and oxygen atoms in total. The van der Waals surface area contributed by atoms with Crippen LogP contribution in [0.25, 0.3) is 0 Å². The molecule has 0 spiro atoms. The van der Waals surface area contributed by atoms with Crippen molar-refractivity contribution in [2.75, 3.05) is 27.2 Å². The molecule has 21 heavy (non-hydrogen) atoms. The van der Waals surface area contributed by atoms with Crippen molar-refractivity contribution >= 4 is 17.2 Å². The fourth-order valence-electron chi connectivity index (χ4n) is 2.11. The summed E-state index contributed by atoms with van der Waals surface area (Å²) in [6.45, 7) is 4.25. The molecule has 0 unspecified atom stereocenters. The zero-order valence-electron chi connectivity index (χ0n) is 12.9. The van der Waals surface area contributed by atoms with E-state index in [1.54, 1.807) is 0 Å². The van der Waals surface area contributed by atoms with E-state index in [0.29, 0.717) is 6.54 Å². The van der Waals surface area contributed by atoms with Crippen molar-refractivity contribution in [1.29, 1.82) is 0 Å². The van der Waals surface area contributed by atoms with Crippen LogP contribution >= 0.6 is 11.3 Å². The molecule has 2 rings (SSSR count). The van der Waals surface area contributed by atoms with E-state index in [1.807, 2.05) is 55.6 Å². The molecule has 0 bridgehead atoms. The van der Waals surface area contributed by atoms with E-state index in [1.165, 1.54) is 16.9 Å². The molecule has 1 aromatic heterocycles. The van der Waals surface area contributed by atoms with Gasteiger partial charge < -0.3 is 9.80 Å². The Balaban J connectivity index is 2.15. The second kappa shape index (κ2) is 7.38. The molecular weight excluding hydrogens is 280 g/mol. The molecule has 0 aliphatic rings. The molecule has 1 aromatic carbocycles. The van der Waals surface area contributed by atoms with Crippen LogP contribution in [0.2, 0.25) is 0 Å². The summed E-state index contributed by atoms with van der Waals surface area (Å²) in [5.41, 5.74) is 2.23. The van der Waals surface area contributed by atoms with Crippen LogP contribution in [-0.2, 0) is 6.54 Å². The highest BCUT2D eigenvalue weighted by Gasteiger charge is 2.19. The van der Waals surface area contributed by atoms with E-state index in [0.717, 1.165) is 23.5 Å². The minimum Gasteiger partial charge on any atom is -0.332 e. The van der Waals surface area contributed by atoms with Gasteiger partial charge in [-0.25, -0.2) is 0 Å². The number of hydrogen-bond acceptors (Lipinski definition) is 3. The first-order valence-electron chi connectivity index (χ1n) is 7.10. The van der Waals surface area contributed by atoms with Crippen molar-refractivity contribution in [2.24, 2.45) is 0 Å². The second-order valence-corrected chi connectivity index (χ2v) is 6.36. The Morgan fingerprint density at radius 1 is 1.10 bits per heavy atom. The van der Waals surface area contributed by atoms with Gasteiger partial charge in [0.1, 0.15) is 0 Å². The van der Waals surface area contributed by atoms with Crippen molar-refractivity contribution in [3.63, 3.8) is 0 Å². The average Bonchev–Trinajstić information content (AvgIpc) is 2.90. The predicted octanol–water partition coefficient (Wildman–Crippen LogP) is 3.26. The highest BCUT2D eigenvalue weighted by Crippen LogP contribution is 2.19. The number of aryl methyl sites for hydroxylation is 1. The van der Waals surface area contributed by atoms with E-state index < -0.39 is 0 Å². The molecule has 0 radical (unpaired) electrons. The lowest BCUT2D eigenvalue weighted by atomic mass is 10.2. The lowest BCUT2D eigenvalue weighted by molar-refractivity contribution is 0.0736. The third kappa shape index (κ3) is 4.41. The number of rotatable bonds is 6. The fraction of sp³-hybridized carbons (Fsp3) is 0.353. The molecule has 0 aliphatic carbocycles. The molecule has 4 heteroatoms. The van der Waals surface area contributed by atoms with Gasteiger partial charge in [-0.2, -0.15) is 0 Å². The molecular formula is C17H22N2OS. The molecule has 112 valence electrons. The maximum absolute atomic E-state index is 12.8. The number of carbonyl (C=O) groups excluding carboxylic acids is 1. The Bertz CT molecular complexity index is 577. The third-order valence-electron chi connectivity index (χ3n) is 3.38. The summed E-state index contributed by atoms with van der Waals surface area (Å²) < 4.78 is 0. The zero-order chi connectivity index (χ0) is 15.2. The van der Waals surface area contributed by atoms with Gasteiger partial charge >= 0.3 is 0 Å². The minimum atomic E-state index is 0.133. The van der Waals surface area contributed by atoms with Crippen LogP contribution in [0.15, 0.2) is 41.8 Å².